The topological polar surface area (TPSA) is 109 Å². The molecule has 1 aromatic heterocycles. The number of benzene rings is 2. The number of morpholine rings is 1. The Morgan fingerprint density at radius 3 is 2.59 bits per heavy atom. The van der Waals surface area contributed by atoms with E-state index in [9.17, 15) is 19.2 Å². The van der Waals surface area contributed by atoms with Gasteiger partial charge in [-0.1, -0.05) is 56.7 Å². The predicted octanol–water partition coefficient (Wildman–Crippen LogP) is 3.54. The molecule has 0 bridgehead atoms. The lowest BCUT2D eigenvalue weighted by atomic mass is 9.82. The number of carbonyl (C=O) groups excluding carboxylic acids is 3. The van der Waals surface area contributed by atoms with Crippen molar-refractivity contribution in [2.24, 2.45) is 5.92 Å². The molecule has 3 aromatic rings. The number of aromatic nitrogens is 1. The molecule has 9 nitrogen and oxygen atoms in total. The van der Waals surface area contributed by atoms with Crippen LogP contribution in [0.1, 0.15) is 21.9 Å². The summed E-state index contributed by atoms with van der Waals surface area (Å²) in [5, 5.41) is -0.137. The quantitative estimate of drug-likeness (QED) is 0.430. The molecule has 0 radical (unpaired) electrons. The third-order valence-corrected chi connectivity index (χ3v) is 10.0. The molecule has 3 atom stereocenters. The Morgan fingerprint density at radius 2 is 1.85 bits per heavy atom. The number of halogens is 1. The molecule has 4 heterocycles. The number of hydrogen-bond donors (Lipinski definition) is 1. The molecule has 202 valence electrons. The number of rotatable bonds is 5. The first-order valence-electron chi connectivity index (χ1n) is 12.4. The molecule has 2 saturated heterocycles. The number of fused-ring (bicyclic) bond motifs is 2. The summed E-state index contributed by atoms with van der Waals surface area (Å²) >= 11 is 5.78. The number of hydrogen-bond acceptors (Lipinski definition) is 8. The highest BCUT2D eigenvalue weighted by Gasteiger charge is 2.56. The van der Waals surface area contributed by atoms with Crippen LogP contribution in [-0.2, 0) is 19.1 Å². The molecule has 3 aliphatic rings. The number of amides is 3. The fourth-order valence-electron chi connectivity index (χ4n) is 5.24. The molecular weight excluding hydrogens is 606 g/mol. The minimum atomic E-state index is -0.755. The standard InChI is InChI=1S/C27H24BrN3O6S2/c1-14-2-5-16(6-3-14)31-25(33)21-20(22-24(29-27(35)39-22)38-23(21)26(31)34)17-12-15(28)4-7-18(17)37-13-19(32)30-8-10-36-11-9-30/h2-7,12,20-21,23H,8-11,13H2,1H3,(H,29,35)/t20-,21?,23?/m1/s1. The van der Waals surface area contributed by atoms with Crippen molar-refractivity contribution in [2.75, 3.05) is 37.8 Å². The van der Waals surface area contributed by atoms with Gasteiger partial charge in [-0.3, -0.25) is 19.2 Å². The number of thiazole rings is 1. The van der Waals surface area contributed by atoms with Crippen molar-refractivity contribution in [1.29, 1.82) is 0 Å². The molecule has 2 fully saturated rings. The monoisotopic (exact) mass is 629 g/mol. The van der Waals surface area contributed by atoms with Crippen LogP contribution in [0.5, 0.6) is 5.75 Å². The van der Waals surface area contributed by atoms with Gasteiger partial charge in [-0.05, 0) is 37.3 Å². The second-order valence-corrected chi connectivity index (χ2v) is 12.6. The van der Waals surface area contributed by atoms with Crippen LogP contribution in [0.25, 0.3) is 0 Å². The molecule has 0 saturated carbocycles. The van der Waals surface area contributed by atoms with E-state index in [-0.39, 0.29) is 29.2 Å². The van der Waals surface area contributed by atoms with Crippen LogP contribution >= 0.6 is 39.0 Å². The van der Waals surface area contributed by atoms with Gasteiger partial charge in [0.05, 0.1) is 29.8 Å². The van der Waals surface area contributed by atoms with Crippen molar-refractivity contribution in [2.45, 2.75) is 23.1 Å². The summed E-state index contributed by atoms with van der Waals surface area (Å²) in [5.74, 6) is -1.75. The Balaban J connectivity index is 1.39. The van der Waals surface area contributed by atoms with Crippen molar-refractivity contribution in [3.05, 3.63) is 72.6 Å². The van der Waals surface area contributed by atoms with Crippen LogP contribution in [0.3, 0.4) is 0 Å². The average molecular weight is 631 g/mol. The molecule has 0 spiro atoms. The Hall–Kier alpha value is -2.93. The van der Waals surface area contributed by atoms with E-state index < -0.39 is 17.1 Å². The van der Waals surface area contributed by atoms with Gasteiger partial charge in [0.1, 0.15) is 11.0 Å². The molecule has 12 heteroatoms. The summed E-state index contributed by atoms with van der Waals surface area (Å²) in [6, 6.07) is 12.7. The molecule has 2 unspecified atom stereocenters. The highest BCUT2D eigenvalue weighted by atomic mass is 79.9. The maximum absolute atomic E-state index is 14.0. The first-order chi connectivity index (χ1) is 18.8. The highest BCUT2D eigenvalue weighted by Crippen LogP contribution is 2.54. The lowest BCUT2D eigenvalue weighted by Gasteiger charge is -2.31. The number of thioether (sulfide) groups is 1. The van der Waals surface area contributed by atoms with Crippen molar-refractivity contribution in [3.63, 3.8) is 0 Å². The van der Waals surface area contributed by atoms with Crippen LogP contribution in [0.4, 0.5) is 5.69 Å². The smallest absolute Gasteiger partial charge is 0.305 e. The summed E-state index contributed by atoms with van der Waals surface area (Å²) in [6.07, 6.45) is 0. The molecule has 3 amide bonds. The fraction of sp³-hybridized carbons (Fsp3) is 0.333. The van der Waals surface area contributed by atoms with Crippen LogP contribution in [-0.4, -0.2) is 65.8 Å². The Kier molecular flexibility index (Phi) is 7.13. The third-order valence-electron chi connectivity index (χ3n) is 7.14. The van der Waals surface area contributed by atoms with E-state index >= 15 is 0 Å². The largest absolute Gasteiger partial charge is 0.483 e. The molecule has 0 aliphatic carbocycles. The Morgan fingerprint density at radius 1 is 1.10 bits per heavy atom. The second kappa shape index (κ2) is 10.6. The average Bonchev–Trinajstić information content (AvgIpc) is 3.43. The SMILES string of the molecule is Cc1ccc(N2C(=O)C3Sc4[nH]c(=O)sc4[C@H](c4cc(Br)ccc4OCC(=O)N4CCOCC4)C3C2=O)cc1. The zero-order chi connectivity index (χ0) is 27.3. The van der Waals surface area contributed by atoms with Crippen LogP contribution in [0.2, 0.25) is 0 Å². The summed E-state index contributed by atoms with van der Waals surface area (Å²) in [5.41, 5.74) is 2.17. The first-order valence-corrected chi connectivity index (χ1v) is 14.9. The van der Waals surface area contributed by atoms with Gasteiger partial charge in [-0.25, -0.2) is 4.90 Å². The summed E-state index contributed by atoms with van der Waals surface area (Å²) < 4.78 is 12.1. The molecule has 2 aromatic carbocycles. The maximum Gasteiger partial charge on any atom is 0.305 e. The number of H-pyrrole nitrogens is 1. The summed E-state index contributed by atoms with van der Waals surface area (Å²) in [7, 11) is 0. The number of aromatic amines is 1. The van der Waals surface area contributed by atoms with Gasteiger partial charge in [-0.15, -0.1) is 0 Å². The molecule has 3 aliphatic heterocycles. The van der Waals surface area contributed by atoms with Crippen LogP contribution < -0.4 is 14.5 Å². The minimum Gasteiger partial charge on any atom is -0.483 e. The van der Waals surface area contributed by atoms with E-state index in [1.54, 1.807) is 29.2 Å². The van der Waals surface area contributed by atoms with Crippen LogP contribution in [0.15, 0.2) is 56.8 Å². The van der Waals surface area contributed by atoms with Crippen LogP contribution in [0, 0.1) is 12.8 Å². The van der Waals surface area contributed by atoms with Gasteiger partial charge in [0.25, 0.3) is 5.91 Å². The number of ether oxygens (including phenoxy) is 2. The van der Waals surface area contributed by atoms with E-state index in [1.165, 1.54) is 16.7 Å². The number of aryl methyl sites for hydroxylation is 1. The van der Waals surface area contributed by atoms with E-state index in [0.717, 1.165) is 21.4 Å². The lowest BCUT2D eigenvalue weighted by Crippen LogP contribution is -2.43. The third kappa shape index (κ3) is 4.83. The van der Waals surface area contributed by atoms with Crippen molar-refractivity contribution < 1.29 is 23.9 Å². The molecule has 39 heavy (non-hydrogen) atoms. The number of anilines is 1. The predicted molar refractivity (Wildman–Crippen MR) is 151 cm³/mol. The Labute approximate surface area is 240 Å². The summed E-state index contributed by atoms with van der Waals surface area (Å²) in [4.78, 5) is 59.1. The lowest BCUT2D eigenvalue weighted by molar-refractivity contribution is -0.137. The molecule has 6 rings (SSSR count). The minimum absolute atomic E-state index is 0.158. The zero-order valence-corrected chi connectivity index (χ0v) is 24.1. The highest BCUT2D eigenvalue weighted by molar-refractivity contribution is 9.10. The number of carbonyl (C=O) groups is 3. The van der Waals surface area contributed by atoms with Gasteiger partial charge in [-0.2, -0.15) is 0 Å². The zero-order valence-electron chi connectivity index (χ0n) is 20.8. The number of imide groups is 1. The Bertz CT molecular complexity index is 1510. The van der Waals surface area contributed by atoms with Gasteiger partial charge in [0.2, 0.25) is 11.8 Å². The van der Waals surface area contributed by atoms with Gasteiger partial charge in [0.15, 0.2) is 6.61 Å². The van der Waals surface area contributed by atoms with Gasteiger partial charge >= 0.3 is 4.87 Å². The molecular formula is C27H24BrN3O6S2. The van der Waals surface area contributed by atoms with Crippen molar-refractivity contribution >= 4 is 62.4 Å². The van der Waals surface area contributed by atoms with E-state index in [4.69, 9.17) is 9.47 Å². The summed E-state index contributed by atoms with van der Waals surface area (Å²) in [6.45, 7) is 3.75. The van der Waals surface area contributed by atoms with E-state index in [0.29, 0.717) is 53.2 Å². The second-order valence-electron chi connectivity index (χ2n) is 9.56. The van der Waals surface area contributed by atoms with Gasteiger partial charge < -0.3 is 19.4 Å². The van der Waals surface area contributed by atoms with Crippen molar-refractivity contribution in [1.82, 2.24) is 9.88 Å². The van der Waals surface area contributed by atoms with Crippen molar-refractivity contribution in [3.8, 4) is 5.75 Å². The van der Waals surface area contributed by atoms with Gasteiger partial charge in [0, 0.05) is 33.9 Å². The van der Waals surface area contributed by atoms with E-state index in [1.807, 2.05) is 25.1 Å². The van der Waals surface area contributed by atoms with E-state index in [2.05, 4.69) is 20.9 Å². The normalized spacial score (nSPS) is 22.6. The maximum atomic E-state index is 14.0. The molecule has 1 N–H and O–H groups in total. The first kappa shape index (κ1) is 26.3. The number of nitrogens with zero attached hydrogens (tertiary/aromatic N) is 2. The number of nitrogens with one attached hydrogen (secondary N) is 1. The fourth-order valence-corrected chi connectivity index (χ4v) is 8.12.